The number of hydrogen-bond acceptors (Lipinski definition) is 1. The summed E-state index contributed by atoms with van der Waals surface area (Å²) in [5.74, 6) is 0. The van der Waals surface area contributed by atoms with Gasteiger partial charge in [0.1, 0.15) is 0 Å². The quantitative estimate of drug-likeness (QED) is 0.630. The van der Waals surface area contributed by atoms with Crippen molar-refractivity contribution in [1.29, 1.82) is 0 Å². The number of nitrogens with one attached hydrogen (secondary N) is 1. The van der Waals surface area contributed by atoms with Crippen molar-refractivity contribution in [2.75, 3.05) is 6.54 Å². The van der Waals surface area contributed by atoms with E-state index in [-0.39, 0.29) is 1.43 Å². The Morgan fingerprint density at radius 3 is 2.20 bits per heavy atom. The zero-order chi connectivity index (χ0) is 7.82. The van der Waals surface area contributed by atoms with E-state index in [4.69, 9.17) is 0 Å². The molecule has 0 heterocycles. The molecule has 1 N–H and O–H groups in total. The Bertz CT molecular complexity index is 60.6. The second-order valence-electron chi connectivity index (χ2n) is 2.54. The molecular formula is C9H23N. The van der Waals surface area contributed by atoms with Crippen molar-refractivity contribution in [3.05, 3.63) is 0 Å². The Morgan fingerprint density at radius 1 is 1.30 bits per heavy atom. The average molecular weight is 145 g/mol. The van der Waals surface area contributed by atoms with Gasteiger partial charge in [-0.3, -0.25) is 0 Å². The van der Waals surface area contributed by atoms with Gasteiger partial charge in [0.15, 0.2) is 0 Å². The molecule has 1 rings (SSSR count). The average Bonchev–Trinajstić information content (AvgIpc) is 2.46. The van der Waals surface area contributed by atoms with Crippen LogP contribution in [-0.2, 0) is 0 Å². The van der Waals surface area contributed by atoms with Crippen LogP contribution in [0.2, 0.25) is 0 Å². The van der Waals surface area contributed by atoms with Gasteiger partial charge in [-0.05, 0) is 19.4 Å². The van der Waals surface area contributed by atoms with Crippen LogP contribution in [0.3, 0.4) is 0 Å². The number of rotatable bonds is 2. The van der Waals surface area contributed by atoms with Crippen molar-refractivity contribution >= 4 is 0 Å². The molecule has 0 radical (unpaired) electrons. The molecule has 0 bridgehead atoms. The Kier molecular flexibility index (Phi) is 7.04. The van der Waals surface area contributed by atoms with Gasteiger partial charge in [-0.1, -0.05) is 33.6 Å². The summed E-state index contributed by atoms with van der Waals surface area (Å²) in [6.07, 6.45) is 5.71. The third-order valence-corrected chi connectivity index (χ3v) is 1.85. The molecule has 0 spiro atoms. The normalized spacial score (nSPS) is 18.3. The zero-order valence-corrected chi connectivity index (χ0v) is 7.61. The maximum absolute atomic E-state index is 3.44. The molecule has 0 saturated heterocycles. The van der Waals surface area contributed by atoms with E-state index in [2.05, 4.69) is 12.2 Å². The van der Waals surface area contributed by atoms with E-state index in [9.17, 15) is 0 Å². The molecule has 1 aliphatic rings. The molecule has 0 aromatic heterocycles. The Balaban J connectivity index is 0. The molecule has 0 amide bonds. The van der Waals surface area contributed by atoms with E-state index < -0.39 is 0 Å². The van der Waals surface area contributed by atoms with E-state index in [1.807, 2.05) is 13.8 Å². The van der Waals surface area contributed by atoms with Gasteiger partial charge in [0.25, 0.3) is 0 Å². The van der Waals surface area contributed by atoms with Crippen molar-refractivity contribution in [2.45, 2.75) is 52.5 Å². The highest BCUT2D eigenvalue weighted by molar-refractivity contribution is 4.72. The van der Waals surface area contributed by atoms with Crippen LogP contribution in [0, 0.1) is 0 Å². The van der Waals surface area contributed by atoms with Gasteiger partial charge < -0.3 is 5.32 Å². The van der Waals surface area contributed by atoms with Crippen LogP contribution in [0.25, 0.3) is 0 Å². The van der Waals surface area contributed by atoms with E-state index in [0.717, 1.165) is 12.6 Å². The molecule has 0 aromatic carbocycles. The maximum Gasteiger partial charge on any atom is 0.00669 e. The van der Waals surface area contributed by atoms with E-state index in [1.165, 1.54) is 25.7 Å². The largest absolute Gasteiger partial charge is 0.314 e. The monoisotopic (exact) mass is 145 g/mol. The molecule has 1 fully saturated rings. The van der Waals surface area contributed by atoms with E-state index >= 15 is 0 Å². The summed E-state index contributed by atoms with van der Waals surface area (Å²) in [6, 6.07) is 0.861. The fourth-order valence-corrected chi connectivity index (χ4v) is 1.42. The minimum atomic E-state index is 0. The van der Waals surface area contributed by atoms with Gasteiger partial charge in [0, 0.05) is 7.47 Å². The summed E-state index contributed by atoms with van der Waals surface area (Å²) in [7, 11) is 0. The van der Waals surface area contributed by atoms with Gasteiger partial charge in [0.05, 0.1) is 0 Å². The third-order valence-electron chi connectivity index (χ3n) is 1.85. The first kappa shape index (κ1) is 9.96. The first-order chi connectivity index (χ1) is 4.93. The fourth-order valence-electron chi connectivity index (χ4n) is 1.42. The molecule has 0 aliphatic heterocycles. The summed E-state index contributed by atoms with van der Waals surface area (Å²) in [4.78, 5) is 0. The standard InChI is InChI=1S/C7H15N.C2H6.H2/c1-2-8-7-5-3-4-6-7;1-2;/h7-8H,2-6H2,1H3;1-2H3;1H. The Hall–Kier alpha value is -0.0400. The van der Waals surface area contributed by atoms with Crippen LogP contribution in [0.5, 0.6) is 0 Å². The second-order valence-corrected chi connectivity index (χ2v) is 2.54. The maximum atomic E-state index is 3.44. The molecule has 1 aliphatic carbocycles. The van der Waals surface area contributed by atoms with Crippen molar-refractivity contribution < 1.29 is 1.43 Å². The number of hydrogen-bond donors (Lipinski definition) is 1. The minimum absolute atomic E-state index is 0. The van der Waals surface area contributed by atoms with Crippen molar-refractivity contribution in [3.63, 3.8) is 0 Å². The lowest BCUT2D eigenvalue weighted by atomic mass is 10.2. The van der Waals surface area contributed by atoms with Gasteiger partial charge in [-0.2, -0.15) is 0 Å². The molecule has 0 unspecified atom stereocenters. The lowest BCUT2D eigenvalue weighted by Gasteiger charge is -2.07. The van der Waals surface area contributed by atoms with Gasteiger partial charge >= 0.3 is 0 Å². The Labute approximate surface area is 66.7 Å². The molecule has 1 heteroatoms. The lowest BCUT2D eigenvalue weighted by molar-refractivity contribution is 0.542. The topological polar surface area (TPSA) is 12.0 Å². The molecule has 10 heavy (non-hydrogen) atoms. The van der Waals surface area contributed by atoms with Gasteiger partial charge in [-0.15, -0.1) is 0 Å². The van der Waals surface area contributed by atoms with Crippen LogP contribution in [0.15, 0.2) is 0 Å². The van der Waals surface area contributed by atoms with Crippen molar-refractivity contribution in [1.82, 2.24) is 5.32 Å². The first-order valence-electron chi connectivity index (χ1n) is 4.67. The molecule has 1 nitrogen and oxygen atoms in total. The molecule has 64 valence electrons. The summed E-state index contributed by atoms with van der Waals surface area (Å²) in [6.45, 7) is 7.32. The van der Waals surface area contributed by atoms with Gasteiger partial charge in [-0.25, -0.2) is 0 Å². The van der Waals surface area contributed by atoms with Gasteiger partial charge in [0.2, 0.25) is 0 Å². The van der Waals surface area contributed by atoms with Crippen LogP contribution in [-0.4, -0.2) is 12.6 Å². The van der Waals surface area contributed by atoms with E-state index in [1.54, 1.807) is 0 Å². The van der Waals surface area contributed by atoms with Crippen LogP contribution < -0.4 is 5.32 Å². The Morgan fingerprint density at radius 2 is 1.80 bits per heavy atom. The second kappa shape index (κ2) is 7.07. The SMILES string of the molecule is CC.CCNC1CCCC1.[HH]. The third kappa shape index (κ3) is 3.89. The fraction of sp³-hybridized carbons (Fsp3) is 1.00. The summed E-state index contributed by atoms with van der Waals surface area (Å²) in [5.41, 5.74) is 0. The highest BCUT2D eigenvalue weighted by atomic mass is 14.9. The predicted octanol–water partition coefficient (Wildman–Crippen LogP) is 2.81. The van der Waals surface area contributed by atoms with Crippen molar-refractivity contribution in [3.8, 4) is 0 Å². The minimum Gasteiger partial charge on any atom is -0.314 e. The summed E-state index contributed by atoms with van der Waals surface area (Å²) < 4.78 is 0. The van der Waals surface area contributed by atoms with Crippen molar-refractivity contribution in [2.24, 2.45) is 0 Å². The highest BCUT2D eigenvalue weighted by Crippen LogP contribution is 2.16. The van der Waals surface area contributed by atoms with E-state index in [0.29, 0.717) is 0 Å². The molecule has 0 atom stereocenters. The highest BCUT2D eigenvalue weighted by Gasteiger charge is 2.11. The molecule has 1 saturated carbocycles. The summed E-state index contributed by atoms with van der Waals surface area (Å²) >= 11 is 0. The zero-order valence-electron chi connectivity index (χ0n) is 7.61. The summed E-state index contributed by atoms with van der Waals surface area (Å²) in [5, 5.41) is 3.44. The predicted molar refractivity (Wildman–Crippen MR) is 49.4 cm³/mol. The smallest absolute Gasteiger partial charge is 0.00669 e. The van der Waals surface area contributed by atoms with Crippen LogP contribution in [0.4, 0.5) is 0 Å². The van der Waals surface area contributed by atoms with Crippen LogP contribution in [0.1, 0.15) is 47.9 Å². The molecular weight excluding hydrogens is 122 g/mol. The van der Waals surface area contributed by atoms with Crippen LogP contribution >= 0.6 is 0 Å². The lowest BCUT2D eigenvalue weighted by Crippen LogP contribution is -2.24. The molecule has 0 aromatic rings. The first-order valence-corrected chi connectivity index (χ1v) is 4.67.